The Morgan fingerprint density at radius 1 is 0.821 bits per heavy atom. The van der Waals surface area contributed by atoms with Crippen LogP contribution in [0.4, 0.5) is 0 Å². The molecular weight excluding hydrogens is 338 g/mol. The van der Waals surface area contributed by atoms with E-state index in [9.17, 15) is 0 Å². The predicted molar refractivity (Wildman–Crippen MR) is 123 cm³/mol. The monoisotopic (exact) mass is 365 g/mol. The minimum atomic E-state index is 0.154. The molecule has 1 aromatic heterocycles. The first kappa shape index (κ1) is 18.3. The van der Waals surface area contributed by atoms with E-state index in [2.05, 4.69) is 105 Å². The number of benzene rings is 3. The van der Waals surface area contributed by atoms with Crippen LogP contribution in [0.25, 0.3) is 34.7 Å². The maximum Gasteiger partial charge on any atom is 0.0520 e. The summed E-state index contributed by atoms with van der Waals surface area (Å²) in [6.07, 6.45) is 0.945. The van der Waals surface area contributed by atoms with Crippen molar-refractivity contribution in [1.29, 1.82) is 0 Å². The Kier molecular flexibility index (Phi) is 4.68. The third-order valence-corrected chi connectivity index (χ3v) is 6.00. The van der Waals surface area contributed by atoms with E-state index in [1.165, 1.54) is 32.7 Å². The fourth-order valence-corrected chi connectivity index (χ4v) is 4.25. The Labute approximate surface area is 166 Å². The van der Waals surface area contributed by atoms with Gasteiger partial charge in [-0.25, -0.2) is 0 Å². The van der Waals surface area contributed by atoms with Crippen LogP contribution in [0.3, 0.4) is 0 Å². The molecule has 0 bridgehead atoms. The van der Waals surface area contributed by atoms with Gasteiger partial charge in [-0.05, 0) is 47.7 Å². The van der Waals surface area contributed by atoms with Crippen LogP contribution < -0.4 is 10.7 Å². The topological polar surface area (TPSA) is 4.93 Å². The van der Waals surface area contributed by atoms with Gasteiger partial charge in [0.15, 0.2) is 0 Å². The first-order chi connectivity index (χ1) is 13.5. The molecule has 0 amide bonds. The molecule has 0 saturated heterocycles. The lowest BCUT2D eigenvalue weighted by Crippen LogP contribution is -2.29. The van der Waals surface area contributed by atoms with Gasteiger partial charge in [0, 0.05) is 21.5 Å². The fraction of sp³-hybridized carbons (Fsp3) is 0.185. The van der Waals surface area contributed by atoms with Crippen molar-refractivity contribution >= 4 is 34.7 Å². The van der Waals surface area contributed by atoms with Crippen molar-refractivity contribution in [2.45, 2.75) is 32.2 Å². The molecular formula is C27H27N. The van der Waals surface area contributed by atoms with Crippen LogP contribution in [0, 0.1) is 0 Å². The summed E-state index contributed by atoms with van der Waals surface area (Å²) < 4.78 is 2.25. The van der Waals surface area contributed by atoms with Crippen molar-refractivity contribution in [3.63, 3.8) is 0 Å². The van der Waals surface area contributed by atoms with Crippen LogP contribution in [0.15, 0.2) is 78.9 Å². The molecule has 2 atom stereocenters. The van der Waals surface area contributed by atoms with E-state index in [4.69, 9.17) is 0 Å². The van der Waals surface area contributed by atoms with Crippen LogP contribution >= 0.6 is 0 Å². The van der Waals surface area contributed by atoms with E-state index in [0.717, 1.165) is 17.1 Å². The summed E-state index contributed by atoms with van der Waals surface area (Å²) in [6.45, 7) is 17.7. The predicted octanol–water partition coefficient (Wildman–Crippen LogP) is 5.93. The van der Waals surface area contributed by atoms with E-state index in [-0.39, 0.29) is 6.04 Å². The summed E-state index contributed by atoms with van der Waals surface area (Å²) in [5, 5.41) is 6.87. The molecule has 0 spiro atoms. The quantitative estimate of drug-likeness (QED) is 0.387. The average molecular weight is 366 g/mol. The summed E-state index contributed by atoms with van der Waals surface area (Å²) in [7, 11) is 0. The molecule has 1 heteroatoms. The van der Waals surface area contributed by atoms with Crippen LogP contribution in [-0.2, 0) is 0 Å². The van der Waals surface area contributed by atoms with Gasteiger partial charge in [0.25, 0.3) is 0 Å². The molecule has 3 aromatic carbocycles. The second-order valence-electron chi connectivity index (χ2n) is 7.86. The highest BCUT2D eigenvalue weighted by Crippen LogP contribution is 2.28. The van der Waals surface area contributed by atoms with Crippen LogP contribution in [-0.4, -0.2) is 4.57 Å². The fourth-order valence-electron chi connectivity index (χ4n) is 4.25. The zero-order chi connectivity index (χ0) is 19.8. The third-order valence-electron chi connectivity index (χ3n) is 6.00. The van der Waals surface area contributed by atoms with Crippen LogP contribution in [0.1, 0.15) is 37.8 Å². The highest BCUT2D eigenvalue weighted by atomic mass is 15.0. The van der Waals surface area contributed by atoms with E-state index in [0.29, 0.717) is 5.92 Å². The lowest BCUT2D eigenvalue weighted by molar-refractivity contribution is 0.564. The molecule has 4 rings (SSSR count). The SMILES string of the molecule is C=C(C[C@@H](C)c1ccccc1)[C@H](C)n1c(=C)c2cc3ccccc3cc2c1=C. The summed E-state index contributed by atoms with van der Waals surface area (Å²) in [4.78, 5) is 0. The van der Waals surface area contributed by atoms with E-state index in [1.807, 2.05) is 0 Å². The van der Waals surface area contributed by atoms with Gasteiger partial charge in [-0.2, -0.15) is 0 Å². The van der Waals surface area contributed by atoms with Crippen molar-refractivity contribution in [3.05, 3.63) is 95.1 Å². The zero-order valence-electron chi connectivity index (χ0n) is 16.8. The minimum absolute atomic E-state index is 0.154. The number of nitrogens with zero attached hydrogens (tertiary/aromatic N) is 1. The highest BCUT2D eigenvalue weighted by molar-refractivity contribution is 5.98. The van der Waals surface area contributed by atoms with E-state index >= 15 is 0 Å². The maximum atomic E-state index is 4.43. The van der Waals surface area contributed by atoms with Crippen molar-refractivity contribution in [1.82, 2.24) is 4.57 Å². The van der Waals surface area contributed by atoms with Gasteiger partial charge in [-0.15, -0.1) is 0 Å². The van der Waals surface area contributed by atoms with Crippen LogP contribution in [0.5, 0.6) is 0 Å². The van der Waals surface area contributed by atoms with Gasteiger partial charge in [0.2, 0.25) is 0 Å². The summed E-state index contributed by atoms with van der Waals surface area (Å²) in [5.74, 6) is 0.435. The highest BCUT2D eigenvalue weighted by Gasteiger charge is 2.17. The average Bonchev–Trinajstić information content (AvgIpc) is 2.96. The molecule has 4 aromatic rings. The smallest absolute Gasteiger partial charge is 0.0520 e. The first-order valence-corrected chi connectivity index (χ1v) is 9.90. The summed E-state index contributed by atoms with van der Waals surface area (Å²) in [5.41, 5.74) is 2.56. The minimum Gasteiger partial charge on any atom is -0.334 e. The number of fused-ring (bicyclic) bond motifs is 2. The second kappa shape index (κ2) is 7.16. The van der Waals surface area contributed by atoms with Crippen molar-refractivity contribution in [2.24, 2.45) is 0 Å². The Morgan fingerprint density at radius 3 is 1.86 bits per heavy atom. The summed E-state index contributed by atoms with van der Waals surface area (Å²) in [6, 6.07) is 23.7. The molecule has 28 heavy (non-hydrogen) atoms. The lowest BCUT2D eigenvalue weighted by Gasteiger charge is -2.21. The van der Waals surface area contributed by atoms with Gasteiger partial charge >= 0.3 is 0 Å². The van der Waals surface area contributed by atoms with E-state index in [1.54, 1.807) is 0 Å². The van der Waals surface area contributed by atoms with Gasteiger partial charge in [-0.1, -0.05) is 86.8 Å². The largest absolute Gasteiger partial charge is 0.334 e. The standard InChI is InChI=1S/C27H27N/c1-18(15-19(2)23-11-7-6-8-12-23)20(3)28-21(4)26-16-24-13-9-10-14-25(24)17-27(26)22(28)5/h6-14,16-17,19-20H,1,4-5,15H2,2-3H3/t19-,20+/m1/s1. The molecule has 140 valence electrons. The zero-order valence-corrected chi connectivity index (χ0v) is 16.8. The summed E-state index contributed by atoms with van der Waals surface area (Å²) >= 11 is 0. The van der Waals surface area contributed by atoms with Crippen molar-refractivity contribution < 1.29 is 0 Å². The molecule has 1 heterocycles. The van der Waals surface area contributed by atoms with Gasteiger partial charge < -0.3 is 4.57 Å². The second-order valence-corrected chi connectivity index (χ2v) is 7.86. The van der Waals surface area contributed by atoms with Crippen molar-refractivity contribution in [3.8, 4) is 0 Å². The van der Waals surface area contributed by atoms with Gasteiger partial charge in [0.05, 0.1) is 6.04 Å². The van der Waals surface area contributed by atoms with E-state index < -0.39 is 0 Å². The Hall–Kier alpha value is -3.06. The number of hydrogen-bond donors (Lipinski definition) is 0. The number of aromatic nitrogens is 1. The normalized spacial score (nSPS) is 13.6. The molecule has 0 aliphatic rings. The Balaban J connectivity index is 1.71. The number of hydrogen-bond acceptors (Lipinski definition) is 0. The lowest BCUT2D eigenvalue weighted by atomic mass is 9.91. The van der Waals surface area contributed by atoms with Crippen molar-refractivity contribution in [2.75, 3.05) is 0 Å². The molecule has 0 saturated carbocycles. The molecule has 1 nitrogen and oxygen atoms in total. The first-order valence-electron chi connectivity index (χ1n) is 9.90. The molecule has 0 N–H and O–H groups in total. The molecule has 0 radical (unpaired) electrons. The molecule has 0 unspecified atom stereocenters. The van der Waals surface area contributed by atoms with Gasteiger partial charge in [-0.3, -0.25) is 0 Å². The van der Waals surface area contributed by atoms with Gasteiger partial charge in [0.1, 0.15) is 0 Å². The molecule has 0 fully saturated rings. The Bertz CT molecular complexity index is 1190. The third kappa shape index (κ3) is 3.07. The number of allylic oxidation sites excluding steroid dienone is 1. The maximum absolute atomic E-state index is 4.43. The molecule has 0 aliphatic carbocycles. The Morgan fingerprint density at radius 2 is 1.32 bits per heavy atom. The molecule has 0 aliphatic heterocycles. The number of rotatable bonds is 5. The van der Waals surface area contributed by atoms with Crippen LogP contribution in [0.2, 0.25) is 0 Å².